The van der Waals surface area contributed by atoms with E-state index in [1.54, 1.807) is 17.0 Å². The summed E-state index contributed by atoms with van der Waals surface area (Å²) in [5, 5.41) is 7.53. The van der Waals surface area contributed by atoms with Gasteiger partial charge in [0.25, 0.3) is 5.56 Å². The Morgan fingerprint density at radius 3 is 2.73 bits per heavy atom. The molecule has 33 heavy (non-hydrogen) atoms. The lowest BCUT2D eigenvalue weighted by Crippen LogP contribution is -2.23. The van der Waals surface area contributed by atoms with E-state index in [-0.39, 0.29) is 5.56 Å². The number of nitrogens with zero attached hydrogens (tertiary/aromatic N) is 5. The lowest BCUT2D eigenvalue weighted by atomic mass is 9.98. The van der Waals surface area contributed by atoms with Crippen LogP contribution >= 0.6 is 0 Å². The molecule has 1 aliphatic carbocycles. The normalized spacial score (nSPS) is 18.2. The van der Waals surface area contributed by atoms with Crippen LogP contribution in [-0.2, 0) is 6.54 Å². The SMILES string of the molecule is CCn1c(=O)c(-c2nccn2C2CC2)cc2cnc(Nc3ccc(C4CCNC4)cc3)nc21. The van der Waals surface area contributed by atoms with Gasteiger partial charge in [0.1, 0.15) is 11.5 Å². The maximum absolute atomic E-state index is 13.4. The van der Waals surface area contributed by atoms with Crippen LogP contribution in [0.4, 0.5) is 11.6 Å². The van der Waals surface area contributed by atoms with E-state index in [4.69, 9.17) is 4.98 Å². The number of hydrogen-bond donors (Lipinski definition) is 2. The zero-order valence-corrected chi connectivity index (χ0v) is 18.7. The molecule has 0 spiro atoms. The minimum absolute atomic E-state index is 0.0720. The lowest BCUT2D eigenvalue weighted by molar-refractivity contribution is 0.732. The van der Waals surface area contributed by atoms with Crippen molar-refractivity contribution in [2.24, 2.45) is 0 Å². The van der Waals surface area contributed by atoms with Crippen LogP contribution in [0.25, 0.3) is 22.4 Å². The number of nitrogens with one attached hydrogen (secondary N) is 2. The molecule has 168 valence electrons. The van der Waals surface area contributed by atoms with Crippen molar-refractivity contribution in [3.05, 3.63) is 64.8 Å². The molecule has 1 aliphatic heterocycles. The highest BCUT2D eigenvalue weighted by Gasteiger charge is 2.27. The van der Waals surface area contributed by atoms with Crippen LogP contribution in [0.1, 0.15) is 43.7 Å². The van der Waals surface area contributed by atoms with Crippen LogP contribution < -0.4 is 16.2 Å². The number of anilines is 2. The first-order valence-corrected chi connectivity index (χ1v) is 11.7. The van der Waals surface area contributed by atoms with Gasteiger partial charge < -0.3 is 15.2 Å². The first-order valence-electron chi connectivity index (χ1n) is 11.7. The molecule has 0 amide bonds. The van der Waals surface area contributed by atoms with Crippen molar-refractivity contribution in [1.82, 2.24) is 29.4 Å². The summed E-state index contributed by atoms with van der Waals surface area (Å²) >= 11 is 0. The molecule has 8 nitrogen and oxygen atoms in total. The van der Waals surface area contributed by atoms with E-state index >= 15 is 0 Å². The van der Waals surface area contributed by atoms with Crippen molar-refractivity contribution in [3.63, 3.8) is 0 Å². The van der Waals surface area contributed by atoms with Gasteiger partial charge in [0.15, 0.2) is 0 Å². The van der Waals surface area contributed by atoms with Gasteiger partial charge in [-0.2, -0.15) is 4.98 Å². The summed E-state index contributed by atoms with van der Waals surface area (Å²) in [5.41, 5.74) is 3.43. The highest BCUT2D eigenvalue weighted by atomic mass is 16.1. The van der Waals surface area contributed by atoms with Gasteiger partial charge in [-0.3, -0.25) is 9.36 Å². The van der Waals surface area contributed by atoms with Crippen LogP contribution in [0.15, 0.2) is 53.7 Å². The highest BCUT2D eigenvalue weighted by molar-refractivity contribution is 5.80. The van der Waals surface area contributed by atoms with Crippen molar-refractivity contribution in [1.29, 1.82) is 0 Å². The van der Waals surface area contributed by atoms with Crippen molar-refractivity contribution >= 4 is 22.7 Å². The van der Waals surface area contributed by atoms with E-state index in [2.05, 4.69) is 49.4 Å². The van der Waals surface area contributed by atoms with Gasteiger partial charge in [-0.1, -0.05) is 12.1 Å². The van der Waals surface area contributed by atoms with E-state index in [0.717, 1.165) is 42.8 Å². The Kier molecular flexibility index (Phi) is 4.95. The van der Waals surface area contributed by atoms with Gasteiger partial charge in [-0.25, -0.2) is 9.97 Å². The molecule has 4 aromatic rings. The maximum Gasteiger partial charge on any atom is 0.263 e. The Labute approximate surface area is 191 Å². The first kappa shape index (κ1) is 20.1. The minimum atomic E-state index is -0.0720. The second kappa shape index (κ2) is 8.12. The molecule has 1 aromatic carbocycles. The first-order chi connectivity index (χ1) is 16.2. The van der Waals surface area contributed by atoms with E-state index in [9.17, 15) is 4.79 Å². The number of rotatable bonds is 6. The fourth-order valence-electron chi connectivity index (χ4n) is 4.75. The molecule has 1 saturated heterocycles. The summed E-state index contributed by atoms with van der Waals surface area (Å²) in [7, 11) is 0. The largest absolute Gasteiger partial charge is 0.328 e. The molecule has 2 N–H and O–H groups in total. The van der Waals surface area contributed by atoms with Crippen LogP contribution in [0, 0.1) is 0 Å². The molecule has 4 heterocycles. The van der Waals surface area contributed by atoms with Crippen molar-refractivity contribution < 1.29 is 0 Å². The molecule has 3 aromatic heterocycles. The van der Waals surface area contributed by atoms with Gasteiger partial charge in [0.2, 0.25) is 5.95 Å². The Morgan fingerprint density at radius 2 is 2.00 bits per heavy atom. The number of fused-ring (bicyclic) bond motifs is 1. The zero-order valence-electron chi connectivity index (χ0n) is 18.7. The van der Waals surface area contributed by atoms with Gasteiger partial charge in [0.05, 0.1) is 5.56 Å². The summed E-state index contributed by atoms with van der Waals surface area (Å²) in [4.78, 5) is 27.1. The average Bonchev–Trinajstić information content (AvgIpc) is 3.31. The third-order valence-corrected chi connectivity index (χ3v) is 6.69. The summed E-state index contributed by atoms with van der Waals surface area (Å²) < 4.78 is 3.82. The third-order valence-electron chi connectivity index (χ3n) is 6.69. The number of aryl methyl sites for hydroxylation is 1. The topological polar surface area (TPSA) is 89.7 Å². The number of benzene rings is 1. The minimum Gasteiger partial charge on any atom is -0.328 e. The predicted octanol–water partition coefficient (Wildman–Crippen LogP) is 3.83. The van der Waals surface area contributed by atoms with E-state index in [0.29, 0.717) is 35.7 Å². The summed E-state index contributed by atoms with van der Waals surface area (Å²) in [6.07, 6.45) is 8.96. The number of imidazole rings is 1. The number of hydrogen-bond acceptors (Lipinski definition) is 6. The van der Waals surface area contributed by atoms with Crippen molar-refractivity contribution in [2.75, 3.05) is 18.4 Å². The quantitative estimate of drug-likeness (QED) is 0.473. The summed E-state index contributed by atoms with van der Waals surface area (Å²) in [5.74, 6) is 1.79. The fourth-order valence-corrected chi connectivity index (χ4v) is 4.75. The molecule has 0 bridgehead atoms. The molecule has 6 rings (SSSR count). The number of pyridine rings is 1. The van der Waals surface area contributed by atoms with E-state index in [1.165, 1.54) is 12.0 Å². The molecule has 2 aliphatic rings. The second-order valence-electron chi connectivity index (χ2n) is 8.91. The van der Waals surface area contributed by atoms with Gasteiger partial charge >= 0.3 is 0 Å². The van der Waals surface area contributed by atoms with Crippen LogP contribution in [0.3, 0.4) is 0 Å². The monoisotopic (exact) mass is 441 g/mol. The second-order valence-corrected chi connectivity index (χ2v) is 8.91. The smallest absolute Gasteiger partial charge is 0.263 e. The van der Waals surface area contributed by atoms with Gasteiger partial charge in [-0.15, -0.1) is 0 Å². The van der Waals surface area contributed by atoms with Crippen molar-refractivity contribution in [2.45, 2.75) is 44.7 Å². The van der Waals surface area contributed by atoms with E-state index in [1.807, 2.05) is 19.2 Å². The molecule has 8 heteroatoms. The Morgan fingerprint density at radius 1 is 1.15 bits per heavy atom. The maximum atomic E-state index is 13.4. The van der Waals surface area contributed by atoms with Crippen LogP contribution in [0.2, 0.25) is 0 Å². The predicted molar refractivity (Wildman–Crippen MR) is 129 cm³/mol. The lowest BCUT2D eigenvalue weighted by Gasteiger charge is -2.13. The molecule has 1 atom stereocenters. The van der Waals surface area contributed by atoms with Gasteiger partial charge in [0, 0.05) is 48.8 Å². The molecule has 1 unspecified atom stereocenters. The fraction of sp³-hybridized carbons (Fsp3) is 0.360. The molecular weight excluding hydrogens is 414 g/mol. The average molecular weight is 442 g/mol. The van der Waals surface area contributed by atoms with E-state index < -0.39 is 0 Å². The summed E-state index contributed by atoms with van der Waals surface area (Å²) in [6.45, 7) is 4.61. The standard InChI is InChI=1S/C25H27N7O/c1-2-31-22-18(13-21(24(31)33)23-27-11-12-32(23)20-7-8-20)15-28-25(30-22)29-19-5-3-16(4-6-19)17-9-10-26-14-17/h3-6,11-13,15,17,20,26H,2,7-10,14H2,1H3,(H,28,29,30). The van der Waals surface area contributed by atoms with Crippen LogP contribution in [-0.4, -0.2) is 37.2 Å². The highest BCUT2D eigenvalue weighted by Crippen LogP contribution is 2.37. The third kappa shape index (κ3) is 3.70. The number of aromatic nitrogens is 5. The molecule has 0 radical (unpaired) electrons. The summed E-state index contributed by atoms with van der Waals surface area (Å²) in [6, 6.07) is 10.8. The Hall–Kier alpha value is -3.52. The molecular formula is C25H27N7O. The molecule has 2 fully saturated rings. The van der Waals surface area contributed by atoms with Crippen molar-refractivity contribution in [3.8, 4) is 11.4 Å². The van der Waals surface area contributed by atoms with Crippen LogP contribution in [0.5, 0.6) is 0 Å². The van der Waals surface area contributed by atoms with Gasteiger partial charge in [-0.05, 0) is 62.4 Å². The Balaban J connectivity index is 1.33. The molecule has 1 saturated carbocycles. The Bertz CT molecular complexity index is 1360. The zero-order chi connectivity index (χ0) is 22.4.